The minimum Gasteiger partial charge on any atom is -0.467 e. The highest BCUT2D eigenvalue weighted by Crippen LogP contribution is 2.30. The van der Waals surface area contributed by atoms with Crippen molar-refractivity contribution in [3.05, 3.63) is 107 Å². The van der Waals surface area contributed by atoms with Crippen LogP contribution in [0.2, 0.25) is 0 Å². The number of nitrogens with one attached hydrogen (secondary N) is 2. The summed E-state index contributed by atoms with van der Waals surface area (Å²) in [5.41, 5.74) is -0.0697. The quantitative estimate of drug-likeness (QED) is 0.380. The van der Waals surface area contributed by atoms with E-state index in [-0.39, 0.29) is 12.0 Å². The number of alkyl halides is 3. The summed E-state index contributed by atoms with van der Waals surface area (Å²) in [5, 5.41) is 15.9. The van der Waals surface area contributed by atoms with Gasteiger partial charge in [-0.3, -0.25) is 9.59 Å². The van der Waals surface area contributed by atoms with E-state index in [9.17, 15) is 32.7 Å². The summed E-state index contributed by atoms with van der Waals surface area (Å²) >= 11 is 0. The van der Waals surface area contributed by atoms with Gasteiger partial charge in [-0.05, 0) is 29.3 Å². The van der Waals surface area contributed by atoms with Gasteiger partial charge in [0, 0.05) is 12.0 Å². The van der Waals surface area contributed by atoms with Crippen molar-refractivity contribution in [3.8, 4) is 0 Å². The van der Waals surface area contributed by atoms with E-state index in [1.54, 1.807) is 60.7 Å². The van der Waals surface area contributed by atoms with Crippen molar-refractivity contribution in [3.63, 3.8) is 0 Å². The number of ether oxygens (including phenoxy) is 1. The number of esters is 1. The molecule has 0 fully saturated rings. The zero-order valence-corrected chi connectivity index (χ0v) is 19.7. The summed E-state index contributed by atoms with van der Waals surface area (Å²) in [6, 6.07) is 18.1. The van der Waals surface area contributed by atoms with E-state index in [0.29, 0.717) is 11.1 Å². The Kier molecular flexibility index (Phi) is 9.02. The van der Waals surface area contributed by atoms with E-state index in [0.717, 1.165) is 19.2 Å². The van der Waals surface area contributed by atoms with Crippen molar-refractivity contribution < 1.29 is 37.4 Å². The predicted molar refractivity (Wildman–Crippen MR) is 128 cm³/mol. The molecule has 0 saturated carbocycles. The minimum atomic E-state index is -4.59. The molecule has 0 aliphatic heterocycles. The van der Waals surface area contributed by atoms with Gasteiger partial charge < -0.3 is 20.5 Å². The standard InChI is InChI=1S/C27H25F3N2O5/c1-37-26(36)21(16-17-9-8-14-20(15-17)27(28,29)30)31-25(35)23(33)22(18-10-4-2-5-11-18)32-24(34)19-12-6-3-7-13-19/h2-15,21-23,33H,16H2,1H3,(H,31,35)(H,32,34)/t21-,22-,23+/m0/s1. The van der Waals surface area contributed by atoms with E-state index in [2.05, 4.69) is 10.6 Å². The van der Waals surface area contributed by atoms with Gasteiger partial charge in [-0.15, -0.1) is 0 Å². The Morgan fingerprint density at radius 1 is 0.892 bits per heavy atom. The predicted octanol–water partition coefficient (Wildman–Crippen LogP) is 3.44. The Hall–Kier alpha value is -4.18. The van der Waals surface area contributed by atoms with Gasteiger partial charge >= 0.3 is 12.1 Å². The number of carbonyl (C=O) groups is 3. The molecule has 0 aromatic heterocycles. The maximum absolute atomic E-state index is 13.1. The average molecular weight is 515 g/mol. The Bertz CT molecular complexity index is 1220. The van der Waals surface area contributed by atoms with Crippen LogP contribution in [-0.4, -0.2) is 42.1 Å². The molecule has 0 aliphatic carbocycles. The van der Waals surface area contributed by atoms with Gasteiger partial charge in [-0.25, -0.2) is 4.79 Å². The number of aliphatic hydroxyl groups is 1. The smallest absolute Gasteiger partial charge is 0.416 e. The zero-order valence-electron chi connectivity index (χ0n) is 19.7. The van der Waals surface area contributed by atoms with Crippen LogP contribution in [0, 0.1) is 0 Å². The third kappa shape index (κ3) is 7.40. The van der Waals surface area contributed by atoms with Crippen LogP contribution in [0.15, 0.2) is 84.9 Å². The number of amides is 2. The first-order valence-electron chi connectivity index (χ1n) is 11.2. The lowest BCUT2D eigenvalue weighted by Crippen LogP contribution is -2.51. The van der Waals surface area contributed by atoms with Gasteiger partial charge in [0.2, 0.25) is 0 Å². The number of methoxy groups -OCH3 is 1. The molecular weight excluding hydrogens is 489 g/mol. The maximum atomic E-state index is 13.1. The lowest BCUT2D eigenvalue weighted by Gasteiger charge is -2.26. The number of halogens is 3. The lowest BCUT2D eigenvalue weighted by atomic mass is 9.98. The van der Waals surface area contributed by atoms with Crippen LogP contribution in [0.3, 0.4) is 0 Å². The molecule has 0 heterocycles. The van der Waals surface area contributed by atoms with E-state index in [1.165, 1.54) is 12.1 Å². The van der Waals surface area contributed by atoms with Crippen molar-refractivity contribution >= 4 is 17.8 Å². The molecule has 0 radical (unpaired) electrons. The fourth-order valence-electron chi connectivity index (χ4n) is 3.67. The van der Waals surface area contributed by atoms with Crippen LogP contribution in [0.25, 0.3) is 0 Å². The highest BCUT2D eigenvalue weighted by molar-refractivity contribution is 5.95. The molecule has 3 aromatic rings. The van der Waals surface area contributed by atoms with Crippen molar-refractivity contribution in [2.45, 2.75) is 30.8 Å². The van der Waals surface area contributed by atoms with Crippen LogP contribution in [0.5, 0.6) is 0 Å². The normalized spacial score (nSPS) is 13.6. The van der Waals surface area contributed by atoms with Crippen molar-refractivity contribution in [1.82, 2.24) is 10.6 Å². The maximum Gasteiger partial charge on any atom is 0.416 e. The largest absolute Gasteiger partial charge is 0.467 e. The molecule has 3 N–H and O–H groups in total. The molecule has 3 rings (SSSR count). The fraction of sp³-hybridized carbons (Fsp3) is 0.222. The highest BCUT2D eigenvalue weighted by Gasteiger charge is 2.34. The first kappa shape index (κ1) is 27.4. The topological polar surface area (TPSA) is 105 Å². The van der Waals surface area contributed by atoms with Crippen LogP contribution in [0.4, 0.5) is 13.2 Å². The molecule has 0 saturated heterocycles. The number of hydrogen-bond acceptors (Lipinski definition) is 5. The number of hydrogen-bond donors (Lipinski definition) is 3. The monoisotopic (exact) mass is 514 g/mol. The summed E-state index contributed by atoms with van der Waals surface area (Å²) < 4.78 is 44.0. The average Bonchev–Trinajstić information content (AvgIpc) is 2.91. The first-order valence-corrected chi connectivity index (χ1v) is 11.2. The molecule has 10 heteroatoms. The van der Waals surface area contributed by atoms with Gasteiger partial charge in [-0.2, -0.15) is 13.2 Å². The fourth-order valence-corrected chi connectivity index (χ4v) is 3.67. The Morgan fingerprint density at radius 2 is 1.51 bits per heavy atom. The highest BCUT2D eigenvalue weighted by atomic mass is 19.4. The second-order valence-corrected chi connectivity index (χ2v) is 8.16. The Balaban J connectivity index is 1.82. The van der Waals surface area contributed by atoms with Crippen molar-refractivity contribution in [2.75, 3.05) is 7.11 Å². The molecule has 3 atom stereocenters. The van der Waals surface area contributed by atoms with Crippen molar-refractivity contribution in [1.29, 1.82) is 0 Å². The molecule has 7 nitrogen and oxygen atoms in total. The molecule has 37 heavy (non-hydrogen) atoms. The summed E-state index contributed by atoms with van der Waals surface area (Å²) in [5.74, 6) is -2.48. The third-order valence-electron chi connectivity index (χ3n) is 5.56. The summed E-state index contributed by atoms with van der Waals surface area (Å²) in [7, 11) is 1.07. The number of benzene rings is 3. The zero-order chi connectivity index (χ0) is 27.0. The molecular formula is C27H25F3N2O5. The number of carbonyl (C=O) groups excluding carboxylic acids is 3. The van der Waals surface area contributed by atoms with E-state index < -0.39 is 47.7 Å². The van der Waals surface area contributed by atoms with Crippen LogP contribution >= 0.6 is 0 Å². The molecule has 0 aliphatic rings. The molecule has 0 bridgehead atoms. The Labute approximate surface area is 211 Å². The molecule has 3 aromatic carbocycles. The summed E-state index contributed by atoms with van der Waals surface area (Å²) in [6.45, 7) is 0. The second-order valence-electron chi connectivity index (χ2n) is 8.16. The second kappa shape index (κ2) is 12.2. The van der Waals surface area contributed by atoms with E-state index in [4.69, 9.17) is 4.74 Å². The molecule has 0 unspecified atom stereocenters. The number of rotatable bonds is 9. The van der Waals surface area contributed by atoms with Gasteiger partial charge in [0.15, 0.2) is 6.10 Å². The van der Waals surface area contributed by atoms with Gasteiger partial charge in [-0.1, -0.05) is 66.7 Å². The third-order valence-corrected chi connectivity index (χ3v) is 5.56. The van der Waals surface area contributed by atoms with Crippen LogP contribution < -0.4 is 10.6 Å². The summed E-state index contributed by atoms with van der Waals surface area (Å²) in [4.78, 5) is 38.1. The van der Waals surface area contributed by atoms with Gasteiger partial charge in [0.05, 0.1) is 18.7 Å². The lowest BCUT2D eigenvalue weighted by molar-refractivity contribution is -0.146. The number of aliphatic hydroxyl groups excluding tert-OH is 1. The molecule has 2 amide bonds. The van der Waals surface area contributed by atoms with E-state index in [1.807, 2.05) is 0 Å². The SMILES string of the molecule is COC(=O)[C@H](Cc1cccc(C(F)(F)F)c1)NC(=O)[C@H](O)[C@@H](NC(=O)c1ccccc1)c1ccccc1. The molecule has 194 valence electrons. The first-order chi connectivity index (χ1) is 17.6. The minimum absolute atomic E-state index is 0.122. The van der Waals surface area contributed by atoms with Gasteiger partial charge in [0.25, 0.3) is 11.8 Å². The van der Waals surface area contributed by atoms with Crippen molar-refractivity contribution in [2.24, 2.45) is 0 Å². The summed E-state index contributed by atoms with van der Waals surface area (Å²) in [6.07, 6.45) is -6.75. The molecule has 0 spiro atoms. The van der Waals surface area contributed by atoms with Gasteiger partial charge in [0.1, 0.15) is 6.04 Å². The van der Waals surface area contributed by atoms with E-state index >= 15 is 0 Å². The Morgan fingerprint density at radius 3 is 2.11 bits per heavy atom. The van der Waals surface area contributed by atoms with Crippen LogP contribution in [-0.2, 0) is 26.9 Å². The van der Waals surface area contributed by atoms with Crippen LogP contribution in [0.1, 0.15) is 33.1 Å².